The topological polar surface area (TPSA) is 68.3 Å². The molecule has 1 aromatic carbocycles. The van der Waals surface area contributed by atoms with Gasteiger partial charge in [0.15, 0.2) is 0 Å². The predicted octanol–water partition coefficient (Wildman–Crippen LogP) is 5.27. The fourth-order valence-electron chi connectivity index (χ4n) is 4.09. The molecule has 34 heavy (non-hydrogen) atoms. The maximum Gasteiger partial charge on any atom is 0.411 e. The van der Waals surface area contributed by atoms with E-state index in [-0.39, 0.29) is 29.5 Å². The Balaban J connectivity index is 2.05. The summed E-state index contributed by atoms with van der Waals surface area (Å²) in [5.41, 5.74) is 1.83. The Bertz CT molecular complexity index is 850. The van der Waals surface area contributed by atoms with E-state index in [1.807, 2.05) is 43.7 Å². The van der Waals surface area contributed by atoms with E-state index in [0.29, 0.717) is 19.1 Å². The molecule has 0 spiro atoms. The number of methoxy groups -OCH3 is 1. The van der Waals surface area contributed by atoms with Crippen molar-refractivity contribution in [1.82, 2.24) is 9.80 Å². The molecule has 1 atom stereocenters. The molecule has 0 aliphatic carbocycles. The number of thioether (sulfide) groups is 1. The normalized spacial score (nSPS) is 17.9. The van der Waals surface area contributed by atoms with Gasteiger partial charge in [0.05, 0.1) is 25.1 Å². The molecule has 1 saturated heterocycles. The molecule has 1 aliphatic heterocycles. The van der Waals surface area contributed by atoms with Gasteiger partial charge in [-0.05, 0) is 70.8 Å². The highest BCUT2D eigenvalue weighted by Crippen LogP contribution is 2.41. The van der Waals surface area contributed by atoms with Crippen LogP contribution in [0.25, 0.3) is 0 Å². The molecule has 7 nitrogen and oxygen atoms in total. The minimum atomic E-state index is -0.531. The van der Waals surface area contributed by atoms with Gasteiger partial charge in [-0.3, -0.25) is 14.6 Å². The van der Waals surface area contributed by atoms with Crippen LogP contribution in [0.15, 0.2) is 18.2 Å². The van der Waals surface area contributed by atoms with Crippen LogP contribution in [-0.4, -0.2) is 71.4 Å². The lowest BCUT2D eigenvalue weighted by molar-refractivity contribution is -0.141. The van der Waals surface area contributed by atoms with Crippen molar-refractivity contribution in [3.8, 4) is 5.75 Å². The standard InChI is InChI=1S/C26H42N2O5S/c1-18(2)22-11-10-21(14-19(22)15-27(8)16-23(29)31-9)32-13-12-20-17-34-26(6,7)28(20)24(30)33-25(3,4)5/h10-11,14,18,20H,12-13,15-17H2,1-9H3. The highest BCUT2D eigenvalue weighted by Gasteiger charge is 2.44. The van der Waals surface area contributed by atoms with Crippen LogP contribution in [-0.2, 0) is 20.8 Å². The number of hydrogen-bond acceptors (Lipinski definition) is 7. The average molecular weight is 495 g/mol. The smallest absolute Gasteiger partial charge is 0.411 e. The summed E-state index contributed by atoms with van der Waals surface area (Å²) in [4.78, 5) is 28.0. The summed E-state index contributed by atoms with van der Waals surface area (Å²) in [5.74, 6) is 1.74. The van der Waals surface area contributed by atoms with Crippen LogP contribution in [0.4, 0.5) is 4.79 Å². The van der Waals surface area contributed by atoms with E-state index in [9.17, 15) is 9.59 Å². The number of rotatable bonds is 9. The highest BCUT2D eigenvalue weighted by molar-refractivity contribution is 8.00. The second kappa shape index (κ2) is 11.7. The zero-order valence-corrected chi connectivity index (χ0v) is 23.1. The number of carbonyl (C=O) groups excluding carboxylic acids is 2. The summed E-state index contributed by atoms with van der Waals surface area (Å²) >= 11 is 1.76. The van der Waals surface area contributed by atoms with E-state index in [4.69, 9.17) is 14.2 Å². The third kappa shape index (κ3) is 8.08. The Morgan fingerprint density at radius 3 is 2.53 bits per heavy atom. The molecule has 1 fully saturated rings. The van der Waals surface area contributed by atoms with Crippen LogP contribution in [0.2, 0.25) is 0 Å². The van der Waals surface area contributed by atoms with Gasteiger partial charge >= 0.3 is 12.1 Å². The molecule has 1 unspecified atom stereocenters. The quantitative estimate of drug-likeness (QED) is 0.433. The first-order valence-corrected chi connectivity index (χ1v) is 12.9. The summed E-state index contributed by atoms with van der Waals surface area (Å²) < 4.78 is 16.6. The van der Waals surface area contributed by atoms with Gasteiger partial charge in [-0.1, -0.05) is 19.9 Å². The summed E-state index contributed by atoms with van der Waals surface area (Å²) in [6, 6.07) is 6.21. The second-order valence-electron chi connectivity index (χ2n) is 10.7. The van der Waals surface area contributed by atoms with Crippen molar-refractivity contribution in [3.63, 3.8) is 0 Å². The van der Waals surface area contributed by atoms with Gasteiger partial charge < -0.3 is 14.2 Å². The molecule has 1 aromatic rings. The number of esters is 1. The fraction of sp³-hybridized carbons (Fsp3) is 0.692. The van der Waals surface area contributed by atoms with Crippen molar-refractivity contribution >= 4 is 23.8 Å². The number of likely N-dealkylation sites (N-methyl/N-ethyl adjacent to an activating group) is 1. The summed E-state index contributed by atoms with van der Waals surface area (Å²) in [6.45, 7) is 15.5. The summed E-state index contributed by atoms with van der Waals surface area (Å²) in [5, 5.41) is 0. The SMILES string of the molecule is COC(=O)CN(C)Cc1cc(OCCC2CSC(C)(C)N2C(=O)OC(C)(C)C)ccc1C(C)C. The van der Waals surface area contributed by atoms with Crippen molar-refractivity contribution in [2.24, 2.45) is 0 Å². The third-order valence-corrected chi connectivity index (χ3v) is 7.14. The number of carbonyl (C=O) groups is 2. The first kappa shape index (κ1) is 28.3. The predicted molar refractivity (Wildman–Crippen MR) is 137 cm³/mol. The fourth-order valence-corrected chi connectivity index (χ4v) is 5.37. The van der Waals surface area contributed by atoms with E-state index in [1.54, 1.807) is 11.8 Å². The Morgan fingerprint density at radius 2 is 1.94 bits per heavy atom. The van der Waals surface area contributed by atoms with E-state index >= 15 is 0 Å². The molecule has 2 rings (SSSR count). The molecule has 0 N–H and O–H groups in total. The number of amides is 1. The zero-order chi connectivity index (χ0) is 25.7. The lowest BCUT2D eigenvalue weighted by Gasteiger charge is -2.36. The van der Waals surface area contributed by atoms with Gasteiger partial charge in [-0.15, -0.1) is 11.8 Å². The second-order valence-corrected chi connectivity index (χ2v) is 12.3. The van der Waals surface area contributed by atoms with Gasteiger partial charge in [0.1, 0.15) is 11.4 Å². The third-order valence-electron chi connectivity index (χ3n) is 5.69. The lowest BCUT2D eigenvalue weighted by Crippen LogP contribution is -2.49. The molecule has 1 aliphatic rings. The molecule has 0 saturated carbocycles. The maximum absolute atomic E-state index is 12.9. The van der Waals surface area contributed by atoms with Crippen LogP contribution in [0.3, 0.4) is 0 Å². The molecule has 0 bridgehead atoms. The van der Waals surface area contributed by atoms with Gasteiger partial charge in [0.25, 0.3) is 0 Å². The number of nitrogens with zero attached hydrogens (tertiary/aromatic N) is 2. The molecule has 0 radical (unpaired) electrons. The van der Waals surface area contributed by atoms with Gasteiger partial charge in [0, 0.05) is 24.8 Å². The number of ether oxygens (including phenoxy) is 3. The largest absolute Gasteiger partial charge is 0.494 e. The van der Waals surface area contributed by atoms with E-state index in [1.165, 1.54) is 12.7 Å². The summed E-state index contributed by atoms with van der Waals surface area (Å²) in [7, 11) is 3.30. The highest BCUT2D eigenvalue weighted by atomic mass is 32.2. The monoisotopic (exact) mass is 494 g/mol. The van der Waals surface area contributed by atoms with Gasteiger partial charge in [-0.2, -0.15) is 0 Å². The zero-order valence-electron chi connectivity index (χ0n) is 22.3. The molecule has 1 heterocycles. The first-order valence-electron chi connectivity index (χ1n) is 11.9. The van der Waals surface area contributed by atoms with E-state index in [2.05, 4.69) is 39.8 Å². The van der Waals surface area contributed by atoms with Crippen LogP contribution < -0.4 is 4.74 Å². The minimum Gasteiger partial charge on any atom is -0.494 e. The lowest BCUT2D eigenvalue weighted by atomic mass is 9.96. The van der Waals surface area contributed by atoms with E-state index in [0.717, 1.165) is 23.5 Å². The molecule has 1 amide bonds. The van der Waals surface area contributed by atoms with Crippen LogP contribution >= 0.6 is 11.8 Å². The van der Waals surface area contributed by atoms with Crippen molar-refractivity contribution in [2.75, 3.05) is 33.1 Å². The first-order chi connectivity index (χ1) is 15.7. The Morgan fingerprint density at radius 1 is 1.26 bits per heavy atom. The Labute approximate surface area is 209 Å². The van der Waals surface area contributed by atoms with Crippen LogP contribution in [0.1, 0.15) is 71.9 Å². The number of hydrogen-bond donors (Lipinski definition) is 0. The van der Waals surface area contributed by atoms with Gasteiger partial charge in [0.2, 0.25) is 0 Å². The molecule has 192 valence electrons. The van der Waals surface area contributed by atoms with Gasteiger partial charge in [-0.25, -0.2) is 4.79 Å². The number of benzene rings is 1. The van der Waals surface area contributed by atoms with Crippen molar-refractivity contribution in [1.29, 1.82) is 0 Å². The molecular formula is C26H42N2O5S. The molecule has 0 aromatic heterocycles. The minimum absolute atomic E-state index is 0.0513. The Kier molecular flexibility index (Phi) is 9.71. The van der Waals surface area contributed by atoms with Crippen LogP contribution in [0.5, 0.6) is 5.75 Å². The van der Waals surface area contributed by atoms with Crippen molar-refractivity contribution < 1.29 is 23.8 Å². The molecular weight excluding hydrogens is 452 g/mol. The summed E-state index contributed by atoms with van der Waals surface area (Å²) in [6.07, 6.45) is 0.448. The molecule has 8 heteroatoms. The Hall–Kier alpha value is -1.93. The van der Waals surface area contributed by atoms with Crippen molar-refractivity contribution in [2.45, 2.75) is 83.9 Å². The maximum atomic E-state index is 12.9. The van der Waals surface area contributed by atoms with Crippen molar-refractivity contribution in [3.05, 3.63) is 29.3 Å². The average Bonchev–Trinajstić information content (AvgIpc) is 3.00. The van der Waals surface area contributed by atoms with Crippen LogP contribution in [0, 0.1) is 0 Å². The van der Waals surface area contributed by atoms with E-state index < -0.39 is 5.60 Å².